The zero-order valence-corrected chi connectivity index (χ0v) is 19.4. The highest BCUT2D eigenvalue weighted by Gasteiger charge is 2.30. The number of hydrogen-bond acceptors (Lipinski definition) is 6. The molecule has 0 spiro atoms. The van der Waals surface area contributed by atoms with Crippen LogP contribution >= 0.6 is 27.3 Å². The Morgan fingerprint density at radius 2 is 1.78 bits per heavy atom. The number of ether oxygens (including phenoxy) is 1. The summed E-state index contributed by atoms with van der Waals surface area (Å²) in [6.07, 6.45) is 0.384. The van der Waals surface area contributed by atoms with Crippen LogP contribution in [-0.2, 0) is 25.7 Å². The molecule has 2 heterocycles. The fraction of sp³-hybridized carbons (Fsp3) is 0.227. The van der Waals surface area contributed by atoms with E-state index in [1.807, 2.05) is 18.2 Å². The Bertz CT molecular complexity index is 1290. The Hall–Kier alpha value is -3.11. The second-order valence-electron chi connectivity index (χ2n) is 6.97. The highest BCUT2D eigenvalue weighted by Crippen LogP contribution is 2.24. The van der Waals surface area contributed by atoms with Crippen LogP contribution in [0, 0.1) is 0 Å². The van der Waals surface area contributed by atoms with Crippen LogP contribution in [0.4, 0.5) is 5.69 Å². The van der Waals surface area contributed by atoms with Gasteiger partial charge in [-0.25, -0.2) is 0 Å². The van der Waals surface area contributed by atoms with Crippen LogP contribution in [-0.4, -0.2) is 34.9 Å². The lowest BCUT2D eigenvalue weighted by Gasteiger charge is -2.13. The number of nitrogens with zero attached hydrogens (tertiary/aromatic N) is 3. The molecule has 4 rings (SSSR count). The lowest BCUT2D eigenvalue weighted by atomic mass is 10.2. The van der Waals surface area contributed by atoms with E-state index in [2.05, 4.69) is 20.9 Å². The van der Waals surface area contributed by atoms with Crippen molar-refractivity contribution in [3.63, 3.8) is 0 Å². The summed E-state index contributed by atoms with van der Waals surface area (Å²) < 4.78 is 8.44. The van der Waals surface area contributed by atoms with E-state index in [0.29, 0.717) is 16.1 Å². The highest BCUT2D eigenvalue weighted by molar-refractivity contribution is 9.10. The summed E-state index contributed by atoms with van der Waals surface area (Å²) in [4.78, 5) is 54.5. The van der Waals surface area contributed by atoms with Gasteiger partial charge in [0.1, 0.15) is 6.54 Å². The molecule has 1 aliphatic rings. The number of amides is 3. The van der Waals surface area contributed by atoms with Crippen molar-refractivity contribution in [1.29, 1.82) is 0 Å². The zero-order valence-electron chi connectivity index (χ0n) is 17.0. The van der Waals surface area contributed by atoms with Gasteiger partial charge in [-0.2, -0.15) is 4.99 Å². The number of fused-ring (bicyclic) bond motifs is 1. The van der Waals surface area contributed by atoms with Crippen molar-refractivity contribution in [1.82, 2.24) is 4.57 Å². The molecule has 3 aromatic rings. The Kier molecular flexibility index (Phi) is 6.33. The second kappa shape index (κ2) is 9.17. The number of halogens is 1. The third kappa shape index (κ3) is 4.42. The Balaban J connectivity index is 1.69. The van der Waals surface area contributed by atoms with Crippen LogP contribution in [0.15, 0.2) is 51.9 Å². The molecule has 3 amide bonds. The lowest BCUT2D eigenvalue weighted by molar-refractivity contribution is -0.143. The van der Waals surface area contributed by atoms with Gasteiger partial charge in [0.2, 0.25) is 11.8 Å². The minimum absolute atomic E-state index is 0.0697. The molecule has 0 N–H and O–H groups in total. The molecule has 164 valence electrons. The number of carbonyl (C=O) groups is 4. The van der Waals surface area contributed by atoms with Crippen molar-refractivity contribution in [2.24, 2.45) is 4.99 Å². The van der Waals surface area contributed by atoms with E-state index >= 15 is 0 Å². The van der Waals surface area contributed by atoms with Gasteiger partial charge in [-0.1, -0.05) is 27.3 Å². The average molecular weight is 516 g/mol. The first kappa shape index (κ1) is 22.1. The summed E-state index contributed by atoms with van der Waals surface area (Å²) >= 11 is 4.71. The van der Waals surface area contributed by atoms with E-state index in [0.717, 1.165) is 19.6 Å². The van der Waals surface area contributed by atoms with E-state index in [-0.39, 0.29) is 37.8 Å². The average Bonchev–Trinajstić information content (AvgIpc) is 3.26. The van der Waals surface area contributed by atoms with Gasteiger partial charge in [0.15, 0.2) is 4.80 Å². The summed E-state index contributed by atoms with van der Waals surface area (Å²) in [7, 11) is 0. The molecule has 0 atom stereocenters. The van der Waals surface area contributed by atoms with Crippen molar-refractivity contribution < 1.29 is 23.9 Å². The minimum Gasteiger partial charge on any atom is -0.465 e. The molecule has 8 nitrogen and oxygen atoms in total. The molecular weight excluding hydrogens is 498 g/mol. The van der Waals surface area contributed by atoms with Crippen molar-refractivity contribution in [3.8, 4) is 0 Å². The maximum Gasteiger partial charge on any atom is 0.326 e. The van der Waals surface area contributed by atoms with Crippen LogP contribution < -0.4 is 9.70 Å². The fourth-order valence-corrected chi connectivity index (χ4v) is 4.97. The number of aromatic nitrogens is 1. The first-order valence-corrected chi connectivity index (χ1v) is 11.5. The quantitative estimate of drug-likeness (QED) is 0.383. The third-order valence-electron chi connectivity index (χ3n) is 4.86. The standard InChI is InChI=1S/C22H18BrN3O5S/c1-2-31-20(29)12-25-16-8-5-14(23)11-17(16)32-22(25)24-21(30)13-3-6-15(7-4-13)26-18(27)9-10-19(26)28/h3-8,11H,2,9-10,12H2,1H3. The summed E-state index contributed by atoms with van der Waals surface area (Å²) in [6.45, 7) is 1.92. The highest BCUT2D eigenvalue weighted by atomic mass is 79.9. The normalized spacial score (nSPS) is 14.4. The van der Waals surface area contributed by atoms with Gasteiger partial charge < -0.3 is 9.30 Å². The van der Waals surface area contributed by atoms with Gasteiger partial charge >= 0.3 is 5.97 Å². The van der Waals surface area contributed by atoms with Crippen molar-refractivity contribution in [2.75, 3.05) is 11.5 Å². The largest absolute Gasteiger partial charge is 0.465 e. The zero-order chi connectivity index (χ0) is 22.8. The van der Waals surface area contributed by atoms with Crippen LogP contribution in [0.3, 0.4) is 0 Å². The molecule has 0 unspecified atom stereocenters. The maximum atomic E-state index is 12.8. The van der Waals surface area contributed by atoms with E-state index < -0.39 is 11.9 Å². The molecule has 2 aromatic carbocycles. The molecule has 1 saturated heterocycles. The predicted molar refractivity (Wildman–Crippen MR) is 122 cm³/mol. The number of imide groups is 1. The number of carbonyl (C=O) groups excluding carboxylic acids is 4. The van der Waals surface area contributed by atoms with Crippen molar-refractivity contribution in [2.45, 2.75) is 26.3 Å². The van der Waals surface area contributed by atoms with Gasteiger partial charge in [-0.05, 0) is 49.4 Å². The summed E-state index contributed by atoms with van der Waals surface area (Å²) in [5, 5.41) is 0. The molecule has 10 heteroatoms. The summed E-state index contributed by atoms with van der Waals surface area (Å²) in [6, 6.07) is 11.7. The molecule has 1 fully saturated rings. The number of anilines is 1. The van der Waals surface area contributed by atoms with Gasteiger partial charge in [-0.15, -0.1) is 0 Å². The van der Waals surface area contributed by atoms with E-state index in [1.165, 1.54) is 23.5 Å². The maximum absolute atomic E-state index is 12.8. The molecule has 0 bridgehead atoms. The molecule has 0 aliphatic carbocycles. The first-order chi connectivity index (χ1) is 15.4. The third-order valence-corrected chi connectivity index (χ3v) is 6.39. The van der Waals surface area contributed by atoms with Crippen LogP contribution in [0.1, 0.15) is 30.1 Å². The smallest absolute Gasteiger partial charge is 0.326 e. The van der Waals surface area contributed by atoms with Crippen LogP contribution in [0.25, 0.3) is 10.2 Å². The predicted octanol–water partition coefficient (Wildman–Crippen LogP) is 3.42. The van der Waals surface area contributed by atoms with E-state index in [1.54, 1.807) is 23.6 Å². The number of benzene rings is 2. The molecule has 1 aromatic heterocycles. The topological polar surface area (TPSA) is 98.0 Å². The van der Waals surface area contributed by atoms with Gasteiger partial charge in [-0.3, -0.25) is 24.1 Å². The van der Waals surface area contributed by atoms with E-state index in [4.69, 9.17) is 4.74 Å². The fourth-order valence-electron chi connectivity index (χ4n) is 3.39. The number of rotatable bonds is 5. The number of hydrogen-bond donors (Lipinski definition) is 0. The van der Waals surface area contributed by atoms with Crippen molar-refractivity contribution >= 4 is 66.9 Å². The molecule has 32 heavy (non-hydrogen) atoms. The molecule has 0 saturated carbocycles. The Morgan fingerprint density at radius 3 is 2.44 bits per heavy atom. The van der Waals surface area contributed by atoms with Crippen LogP contribution in [0.5, 0.6) is 0 Å². The van der Waals surface area contributed by atoms with E-state index in [9.17, 15) is 19.2 Å². The lowest BCUT2D eigenvalue weighted by Crippen LogP contribution is -2.28. The minimum atomic E-state index is -0.501. The van der Waals surface area contributed by atoms with Gasteiger partial charge in [0.05, 0.1) is 22.5 Å². The second-order valence-corrected chi connectivity index (χ2v) is 8.90. The monoisotopic (exact) mass is 515 g/mol. The summed E-state index contributed by atoms with van der Waals surface area (Å²) in [5.74, 6) is -1.43. The van der Waals surface area contributed by atoms with Crippen molar-refractivity contribution in [3.05, 3.63) is 57.3 Å². The Labute approximate surface area is 195 Å². The van der Waals surface area contributed by atoms with Crippen LogP contribution in [0.2, 0.25) is 0 Å². The van der Waals surface area contributed by atoms with Gasteiger partial charge in [0.25, 0.3) is 5.91 Å². The van der Waals surface area contributed by atoms with Gasteiger partial charge in [0, 0.05) is 22.9 Å². The first-order valence-electron chi connectivity index (χ1n) is 9.87. The SMILES string of the molecule is CCOC(=O)Cn1c(=NC(=O)c2ccc(N3C(=O)CCC3=O)cc2)sc2cc(Br)ccc21. The molecule has 0 radical (unpaired) electrons. The molecule has 1 aliphatic heterocycles. The summed E-state index contributed by atoms with van der Waals surface area (Å²) in [5.41, 5.74) is 1.49. The Morgan fingerprint density at radius 1 is 1.09 bits per heavy atom. The number of esters is 1. The number of thiazole rings is 1. The molecular formula is C22H18BrN3O5S.